The second kappa shape index (κ2) is 6.36. The van der Waals surface area contributed by atoms with Gasteiger partial charge in [0.05, 0.1) is 41.3 Å². The molecule has 7 nitrogen and oxygen atoms in total. The number of methoxy groups -OCH3 is 2. The summed E-state index contributed by atoms with van der Waals surface area (Å²) in [6.45, 7) is 1.03. The fourth-order valence-corrected chi connectivity index (χ4v) is 1.90. The first kappa shape index (κ1) is 14.3. The molecule has 0 aliphatic heterocycles. The van der Waals surface area contributed by atoms with Crippen LogP contribution < -0.4 is 16.6 Å². The Bertz CT molecular complexity index is 641. The van der Waals surface area contributed by atoms with E-state index in [2.05, 4.69) is 15.3 Å². The van der Waals surface area contributed by atoms with Crippen LogP contribution in [0.3, 0.4) is 0 Å². The lowest BCUT2D eigenvalue weighted by Gasteiger charge is -2.17. The van der Waals surface area contributed by atoms with E-state index in [1.165, 1.54) is 6.33 Å². The molecule has 4 N–H and O–H groups in total. The molecular formula is C13H18N4O3. The molecule has 1 aromatic heterocycles. The Kier molecular flexibility index (Phi) is 4.54. The zero-order valence-corrected chi connectivity index (χ0v) is 11.5. The number of hydrogen-bond donors (Lipinski definition) is 3. The summed E-state index contributed by atoms with van der Waals surface area (Å²) in [5.74, 6) is 0. The molecule has 0 amide bonds. The minimum Gasteiger partial charge on any atom is -0.397 e. The minimum absolute atomic E-state index is 0.0813. The van der Waals surface area contributed by atoms with Gasteiger partial charge in [0.1, 0.15) is 0 Å². The predicted molar refractivity (Wildman–Crippen MR) is 77.9 cm³/mol. The summed E-state index contributed by atoms with van der Waals surface area (Å²) in [5.41, 5.74) is 7.53. The first-order valence-corrected chi connectivity index (χ1v) is 6.18. The fraction of sp³-hybridized carbons (Fsp3) is 0.385. The number of anilines is 2. The number of nitrogens with two attached hydrogens (primary N) is 1. The van der Waals surface area contributed by atoms with E-state index in [9.17, 15) is 4.79 Å². The molecule has 0 fully saturated rings. The van der Waals surface area contributed by atoms with Crippen molar-refractivity contribution in [3.63, 3.8) is 0 Å². The molecule has 7 heteroatoms. The van der Waals surface area contributed by atoms with Crippen LogP contribution in [0.1, 0.15) is 0 Å². The summed E-state index contributed by atoms with van der Waals surface area (Å²) in [6.07, 6.45) is 1.29. The molecule has 0 saturated heterocycles. The van der Waals surface area contributed by atoms with Gasteiger partial charge in [-0.05, 0) is 12.1 Å². The highest BCUT2D eigenvalue weighted by atomic mass is 16.5. The van der Waals surface area contributed by atoms with Crippen LogP contribution in [0.5, 0.6) is 0 Å². The van der Waals surface area contributed by atoms with Gasteiger partial charge in [0, 0.05) is 20.8 Å². The molecule has 1 atom stereocenters. The van der Waals surface area contributed by atoms with Gasteiger partial charge in [-0.3, -0.25) is 4.79 Å². The van der Waals surface area contributed by atoms with E-state index in [1.807, 2.05) is 0 Å². The van der Waals surface area contributed by atoms with Crippen molar-refractivity contribution in [1.29, 1.82) is 0 Å². The van der Waals surface area contributed by atoms with E-state index in [4.69, 9.17) is 15.2 Å². The number of nitrogens with zero attached hydrogens (tertiary/aromatic N) is 1. The van der Waals surface area contributed by atoms with Crippen LogP contribution in [0, 0.1) is 0 Å². The molecule has 0 spiro atoms. The number of aromatic nitrogens is 2. The molecule has 1 aromatic carbocycles. The number of fused-ring (bicyclic) bond motifs is 1. The highest BCUT2D eigenvalue weighted by Crippen LogP contribution is 2.22. The van der Waals surface area contributed by atoms with Crippen LogP contribution in [0.25, 0.3) is 10.9 Å². The Labute approximate surface area is 116 Å². The van der Waals surface area contributed by atoms with E-state index in [1.54, 1.807) is 26.4 Å². The molecule has 2 rings (SSSR count). The van der Waals surface area contributed by atoms with E-state index in [0.29, 0.717) is 35.4 Å². The van der Waals surface area contributed by atoms with E-state index in [-0.39, 0.29) is 11.7 Å². The first-order chi connectivity index (χ1) is 9.65. The van der Waals surface area contributed by atoms with Gasteiger partial charge in [-0.15, -0.1) is 0 Å². The average molecular weight is 278 g/mol. The van der Waals surface area contributed by atoms with Gasteiger partial charge in [0.2, 0.25) is 0 Å². The quantitative estimate of drug-likeness (QED) is 0.668. The number of H-pyrrole nitrogens is 1. The standard InChI is InChI=1S/C13H18N4O3/c1-19-6-8(20-2)5-15-12-4-11-9(3-10(12)14)13(18)17-7-16-11/h3-4,7-8,15H,5-6,14H2,1-2H3,(H,16,17,18). The zero-order valence-electron chi connectivity index (χ0n) is 11.5. The third-order valence-corrected chi connectivity index (χ3v) is 3.02. The van der Waals surface area contributed by atoms with E-state index in [0.717, 1.165) is 0 Å². The van der Waals surface area contributed by atoms with Crippen molar-refractivity contribution in [2.24, 2.45) is 0 Å². The third kappa shape index (κ3) is 3.06. The lowest BCUT2D eigenvalue weighted by molar-refractivity contribution is 0.0366. The summed E-state index contributed by atoms with van der Waals surface area (Å²) in [7, 11) is 3.24. The van der Waals surface area contributed by atoms with Crippen LogP contribution in [0.15, 0.2) is 23.3 Å². The second-order valence-electron chi connectivity index (χ2n) is 4.38. The second-order valence-corrected chi connectivity index (χ2v) is 4.38. The summed E-state index contributed by atoms with van der Waals surface area (Å²) < 4.78 is 10.3. The number of rotatable bonds is 6. The van der Waals surface area contributed by atoms with Crippen molar-refractivity contribution in [2.75, 3.05) is 38.4 Å². The Hall–Kier alpha value is -2.12. The van der Waals surface area contributed by atoms with Crippen LogP contribution >= 0.6 is 0 Å². The molecule has 1 unspecified atom stereocenters. The molecule has 1 heterocycles. The lowest BCUT2D eigenvalue weighted by atomic mass is 10.2. The van der Waals surface area contributed by atoms with E-state index < -0.39 is 0 Å². The number of aromatic amines is 1. The number of nitrogens with one attached hydrogen (secondary N) is 2. The Morgan fingerprint density at radius 3 is 2.95 bits per heavy atom. The predicted octanol–water partition coefficient (Wildman–Crippen LogP) is 0.579. The summed E-state index contributed by atoms with van der Waals surface area (Å²) in [5, 5.41) is 3.65. The molecule has 0 aliphatic carbocycles. The van der Waals surface area contributed by atoms with Gasteiger partial charge in [0.25, 0.3) is 5.56 Å². The van der Waals surface area contributed by atoms with Crippen molar-refractivity contribution in [1.82, 2.24) is 9.97 Å². The maximum absolute atomic E-state index is 11.6. The SMILES string of the molecule is COCC(CNc1cc2nc[nH]c(=O)c2cc1N)OC. The van der Waals surface area contributed by atoms with Gasteiger partial charge < -0.3 is 25.5 Å². The van der Waals surface area contributed by atoms with Crippen LogP contribution in [-0.2, 0) is 9.47 Å². The zero-order chi connectivity index (χ0) is 14.5. The van der Waals surface area contributed by atoms with Gasteiger partial charge in [-0.2, -0.15) is 0 Å². The summed E-state index contributed by atoms with van der Waals surface area (Å²) in [4.78, 5) is 18.3. The fourth-order valence-electron chi connectivity index (χ4n) is 1.90. The molecule has 0 aliphatic rings. The molecule has 108 valence electrons. The minimum atomic E-state index is -0.206. The monoisotopic (exact) mass is 278 g/mol. The van der Waals surface area contributed by atoms with Crippen molar-refractivity contribution in [3.05, 3.63) is 28.8 Å². The van der Waals surface area contributed by atoms with Gasteiger partial charge in [-0.1, -0.05) is 0 Å². The number of benzene rings is 1. The van der Waals surface area contributed by atoms with Crippen LogP contribution in [0.4, 0.5) is 11.4 Å². The smallest absolute Gasteiger partial charge is 0.258 e. The topological polar surface area (TPSA) is 102 Å². The molecule has 0 bridgehead atoms. The number of hydrogen-bond acceptors (Lipinski definition) is 6. The maximum Gasteiger partial charge on any atom is 0.258 e. The molecular weight excluding hydrogens is 260 g/mol. The normalized spacial score (nSPS) is 12.5. The van der Waals surface area contributed by atoms with E-state index >= 15 is 0 Å². The van der Waals surface area contributed by atoms with Gasteiger partial charge in [0.15, 0.2) is 0 Å². The summed E-state index contributed by atoms with van der Waals surface area (Å²) in [6, 6.07) is 3.36. The summed E-state index contributed by atoms with van der Waals surface area (Å²) >= 11 is 0. The van der Waals surface area contributed by atoms with Crippen molar-refractivity contribution in [2.45, 2.75) is 6.10 Å². The number of nitrogen functional groups attached to an aromatic ring is 1. The van der Waals surface area contributed by atoms with Crippen LogP contribution in [-0.4, -0.2) is 43.4 Å². The Morgan fingerprint density at radius 2 is 2.25 bits per heavy atom. The first-order valence-electron chi connectivity index (χ1n) is 6.18. The van der Waals surface area contributed by atoms with Gasteiger partial charge >= 0.3 is 0 Å². The lowest BCUT2D eigenvalue weighted by Crippen LogP contribution is -2.26. The highest BCUT2D eigenvalue weighted by molar-refractivity contribution is 5.88. The van der Waals surface area contributed by atoms with Crippen molar-refractivity contribution < 1.29 is 9.47 Å². The average Bonchev–Trinajstić information content (AvgIpc) is 2.44. The van der Waals surface area contributed by atoms with Crippen molar-refractivity contribution >= 4 is 22.3 Å². The largest absolute Gasteiger partial charge is 0.397 e. The van der Waals surface area contributed by atoms with Crippen molar-refractivity contribution in [3.8, 4) is 0 Å². The molecule has 2 aromatic rings. The molecule has 20 heavy (non-hydrogen) atoms. The van der Waals surface area contributed by atoms with Gasteiger partial charge in [-0.25, -0.2) is 4.98 Å². The molecule has 0 radical (unpaired) electrons. The van der Waals surface area contributed by atoms with Crippen LogP contribution in [0.2, 0.25) is 0 Å². The highest BCUT2D eigenvalue weighted by Gasteiger charge is 2.09. The molecule has 0 saturated carbocycles. The third-order valence-electron chi connectivity index (χ3n) is 3.02. The Morgan fingerprint density at radius 1 is 1.45 bits per heavy atom. The maximum atomic E-state index is 11.6. The number of ether oxygens (including phenoxy) is 2. The Balaban J connectivity index is 2.22.